The molecule has 0 aliphatic carbocycles. The zero-order chi connectivity index (χ0) is 20.6. The van der Waals surface area contributed by atoms with Gasteiger partial charge >= 0.3 is 12.0 Å². The van der Waals surface area contributed by atoms with Crippen molar-refractivity contribution in [3.05, 3.63) is 60.2 Å². The molecule has 7 nitrogen and oxygen atoms in total. The number of carbonyl (C=O) groups excluding carboxylic acids is 2. The van der Waals surface area contributed by atoms with Gasteiger partial charge in [0.1, 0.15) is 0 Å². The molecule has 3 rings (SSSR count). The number of benzene rings is 2. The maximum Gasteiger partial charge on any atom is 0.321 e. The van der Waals surface area contributed by atoms with E-state index >= 15 is 0 Å². The van der Waals surface area contributed by atoms with Gasteiger partial charge in [-0.1, -0.05) is 30.3 Å². The first-order valence-corrected chi connectivity index (χ1v) is 9.74. The lowest BCUT2D eigenvalue weighted by atomic mass is 9.97. The van der Waals surface area contributed by atoms with E-state index in [0.717, 1.165) is 24.1 Å². The molecule has 1 heterocycles. The number of aliphatic carboxylic acids is 1. The number of anilines is 2. The van der Waals surface area contributed by atoms with Crippen LogP contribution in [0.15, 0.2) is 54.6 Å². The SMILES string of the molecule is O=C(O)CCc1cccc(NC(=O)C2CCCN(C(=O)Nc3ccccc3)C2)c1. The fraction of sp³-hybridized carbons (Fsp3) is 0.318. The minimum atomic E-state index is -0.851. The van der Waals surface area contributed by atoms with Crippen LogP contribution in [-0.4, -0.2) is 41.0 Å². The maximum absolute atomic E-state index is 12.7. The molecule has 0 saturated carbocycles. The standard InChI is InChI=1S/C22H25N3O4/c26-20(27)12-11-16-6-4-10-19(14-16)23-21(28)17-7-5-13-25(15-17)22(29)24-18-8-2-1-3-9-18/h1-4,6,8-10,14,17H,5,7,11-13,15H2,(H,23,28)(H,24,29)(H,26,27). The Kier molecular flexibility index (Phi) is 6.84. The molecule has 2 aromatic carbocycles. The molecule has 3 amide bonds. The zero-order valence-electron chi connectivity index (χ0n) is 16.1. The highest BCUT2D eigenvalue weighted by atomic mass is 16.4. The number of nitrogens with one attached hydrogen (secondary N) is 2. The lowest BCUT2D eigenvalue weighted by Crippen LogP contribution is -2.45. The molecule has 0 aromatic heterocycles. The first-order valence-electron chi connectivity index (χ1n) is 9.74. The van der Waals surface area contributed by atoms with E-state index in [-0.39, 0.29) is 24.3 Å². The quantitative estimate of drug-likeness (QED) is 0.696. The number of likely N-dealkylation sites (tertiary alicyclic amines) is 1. The van der Waals surface area contributed by atoms with Gasteiger partial charge in [-0.2, -0.15) is 0 Å². The highest BCUT2D eigenvalue weighted by Crippen LogP contribution is 2.21. The first kappa shape index (κ1) is 20.4. The Labute approximate surface area is 169 Å². The Morgan fingerprint density at radius 2 is 1.76 bits per heavy atom. The van der Waals surface area contributed by atoms with Crippen LogP contribution in [0.3, 0.4) is 0 Å². The van der Waals surface area contributed by atoms with Gasteiger partial charge in [-0.25, -0.2) is 4.79 Å². The summed E-state index contributed by atoms with van der Waals surface area (Å²) in [6.45, 7) is 0.982. The summed E-state index contributed by atoms with van der Waals surface area (Å²) in [6, 6.07) is 16.3. The van der Waals surface area contributed by atoms with Crippen LogP contribution in [0.25, 0.3) is 0 Å². The van der Waals surface area contributed by atoms with Gasteiger partial charge in [-0.15, -0.1) is 0 Å². The van der Waals surface area contributed by atoms with Crippen LogP contribution in [0, 0.1) is 5.92 Å². The number of hydrogen-bond donors (Lipinski definition) is 3. The average Bonchev–Trinajstić information content (AvgIpc) is 2.73. The lowest BCUT2D eigenvalue weighted by Gasteiger charge is -2.32. The van der Waals surface area contributed by atoms with E-state index in [1.54, 1.807) is 23.1 Å². The van der Waals surface area contributed by atoms with Crippen LogP contribution in [0.5, 0.6) is 0 Å². The van der Waals surface area contributed by atoms with Crippen molar-refractivity contribution < 1.29 is 19.5 Å². The Balaban J connectivity index is 1.56. The van der Waals surface area contributed by atoms with Crippen molar-refractivity contribution in [1.29, 1.82) is 0 Å². The summed E-state index contributed by atoms with van der Waals surface area (Å²) in [5, 5.41) is 14.6. The summed E-state index contributed by atoms with van der Waals surface area (Å²) in [6.07, 6.45) is 1.94. The number of carbonyl (C=O) groups is 3. The molecule has 0 spiro atoms. The number of nitrogens with zero attached hydrogens (tertiary/aromatic N) is 1. The minimum absolute atomic E-state index is 0.0471. The van der Waals surface area contributed by atoms with Gasteiger partial charge in [-0.3, -0.25) is 9.59 Å². The van der Waals surface area contributed by atoms with Crippen molar-refractivity contribution in [2.75, 3.05) is 23.7 Å². The van der Waals surface area contributed by atoms with E-state index in [1.165, 1.54) is 0 Å². The molecule has 7 heteroatoms. The van der Waals surface area contributed by atoms with Gasteiger partial charge in [0.2, 0.25) is 5.91 Å². The minimum Gasteiger partial charge on any atom is -0.481 e. The number of aryl methyl sites for hydroxylation is 1. The monoisotopic (exact) mass is 395 g/mol. The highest BCUT2D eigenvalue weighted by molar-refractivity contribution is 5.94. The third-order valence-electron chi connectivity index (χ3n) is 4.93. The average molecular weight is 395 g/mol. The van der Waals surface area contributed by atoms with Crippen molar-refractivity contribution in [2.45, 2.75) is 25.7 Å². The Bertz CT molecular complexity index is 869. The molecule has 152 valence electrons. The first-order chi connectivity index (χ1) is 14.0. The summed E-state index contributed by atoms with van der Waals surface area (Å²) in [5.74, 6) is -1.26. The number of rotatable bonds is 6. The molecule has 29 heavy (non-hydrogen) atoms. The van der Waals surface area contributed by atoms with Crippen molar-refractivity contribution in [1.82, 2.24) is 4.90 Å². The molecular formula is C22H25N3O4. The van der Waals surface area contributed by atoms with Crippen LogP contribution >= 0.6 is 0 Å². The summed E-state index contributed by atoms with van der Waals surface area (Å²) < 4.78 is 0. The summed E-state index contributed by atoms with van der Waals surface area (Å²) in [7, 11) is 0. The number of carboxylic acid groups (broad SMARTS) is 1. The summed E-state index contributed by atoms with van der Waals surface area (Å²) in [5.41, 5.74) is 2.23. The second kappa shape index (κ2) is 9.73. The van der Waals surface area contributed by atoms with Gasteiger partial charge < -0.3 is 20.6 Å². The normalized spacial score (nSPS) is 16.1. The van der Waals surface area contributed by atoms with Crippen molar-refractivity contribution in [3.8, 4) is 0 Å². The molecule has 3 N–H and O–H groups in total. The van der Waals surface area contributed by atoms with Crippen molar-refractivity contribution in [2.24, 2.45) is 5.92 Å². The zero-order valence-corrected chi connectivity index (χ0v) is 16.1. The predicted octanol–water partition coefficient (Wildman–Crippen LogP) is 3.59. The molecule has 1 fully saturated rings. The molecule has 0 bridgehead atoms. The van der Waals surface area contributed by atoms with Crippen LogP contribution in [0.2, 0.25) is 0 Å². The molecule has 1 aliphatic rings. The predicted molar refractivity (Wildman–Crippen MR) is 111 cm³/mol. The van der Waals surface area contributed by atoms with Crippen molar-refractivity contribution in [3.63, 3.8) is 0 Å². The highest BCUT2D eigenvalue weighted by Gasteiger charge is 2.28. The second-order valence-corrected chi connectivity index (χ2v) is 7.16. The van der Waals surface area contributed by atoms with E-state index in [0.29, 0.717) is 25.2 Å². The fourth-order valence-corrected chi connectivity index (χ4v) is 3.40. The molecule has 0 radical (unpaired) electrons. The van der Waals surface area contributed by atoms with E-state index in [4.69, 9.17) is 5.11 Å². The summed E-state index contributed by atoms with van der Waals surface area (Å²) >= 11 is 0. The van der Waals surface area contributed by atoms with Crippen LogP contribution in [-0.2, 0) is 16.0 Å². The van der Waals surface area contributed by atoms with Gasteiger partial charge in [0.05, 0.1) is 5.92 Å². The molecule has 1 atom stereocenters. The molecule has 1 unspecified atom stereocenters. The van der Waals surface area contributed by atoms with Gasteiger partial charge in [0, 0.05) is 30.9 Å². The van der Waals surface area contributed by atoms with Gasteiger partial charge in [-0.05, 0) is 49.1 Å². The number of urea groups is 1. The van der Waals surface area contributed by atoms with E-state index in [9.17, 15) is 14.4 Å². The third-order valence-corrected chi connectivity index (χ3v) is 4.93. The second-order valence-electron chi connectivity index (χ2n) is 7.16. The molecular weight excluding hydrogens is 370 g/mol. The van der Waals surface area contributed by atoms with E-state index < -0.39 is 5.97 Å². The number of para-hydroxylation sites is 1. The lowest BCUT2D eigenvalue weighted by molar-refractivity contribution is -0.137. The van der Waals surface area contributed by atoms with Crippen LogP contribution in [0.4, 0.5) is 16.2 Å². The molecule has 1 saturated heterocycles. The summed E-state index contributed by atoms with van der Waals surface area (Å²) in [4.78, 5) is 37.6. The Hall–Kier alpha value is -3.35. The number of carboxylic acids is 1. The number of hydrogen-bond acceptors (Lipinski definition) is 3. The van der Waals surface area contributed by atoms with Gasteiger partial charge in [0.25, 0.3) is 0 Å². The third kappa shape index (κ3) is 6.07. The maximum atomic E-state index is 12.7. The van der Waals surface area contributed by atoms with E-state index in [2.05, 4.69) is 10.6 Å². The topological polar surface area (TPSA) is 98.7 Å². The van der Waals surface area contributed by atoms with Crippen LogP contribution in [0.1, 0.15) is 24.8 Å². The largest absolute Gasteiger partial charge is 0.481 e. The Morgan fingerprint density at radius 1 is 1.00 bits per heavy atom. The Morgan fingerprint density at radius 3 is 2.52 bits per heavy atom. The fourth-order valence-electron chi connectivity index (χ4n) is 3.40. The molecule has 2 aromatic rings. The van der Waals surface area contributed by atoms with Crippen LogP contribution < -0.4 is 10.6 Å². The smallest absolute Gasteiger partial charge is 0.321 e. The number of amides is 3. The van der Waals surface area contributed by atoms with Gasteiger partial charge in [0.15, 0.2) is 0 Å². The van der Waals surface area contributed by atoms with E-state index in [1.807, 2.05) is 36.4 Å². The van der Waals surface area contributed by atoms with Crippen molar-refractivity contribution >= 4 is 29.3 Å². The number of piperidine rings is 1. The molecule has 1 aliphatic heterocycles.